The summed E-state index contributed by atoms with van der Waals surface area (Å²) in [6.45, 7) is -1.35. The largest absolute Gasteiger partial charge is 0.394 e. The van der Waals surface area contributed by atoms with Gasteiger partial charge in [0.25, 0.3) is 0 Å². The van der Waals surface area contributed by atoms with Crippen LogP contribution in [0.25, 0.3) is 0 Å². The number of rotatable bonds is 4. The topological polar surface area (TPSA) is 190 Å². The van der Waals surface area contributed by atoms with Gasteiger partial charge in [-0.3, -0.25) is 0 Å². The zero-order chi connectivity index (χ0) is 17.3. The van der Waals surface area contributed by atoms with Crippen molar-refractivity contribution in [3.8, 4) is 0 Å². The molecule has 2 fully saturated rings. The van der Waals surface area contributed by atoms with Crippen molar-refractivity contribution in [1.82, 2.24) is 0 Å². The van der Waals surface area contributed by atoms with E-state index >= 15 is 0 Å². The summed E-state index contributed by atoms with van der Waals surface area (Å²) in [4.78, 5) is 0. The Morgan fingerprint density at radius 2 is 1.26 bits per heavy atom. The molecule has 0 aromatic heterocycles. The molecule has 0 saturated carbocycles. The summed E-state index contributed by atoms with van der Waals surface area (Å²) in [7, 11) is 0. The Bertz CT molecular complexity index is 378. The van der Waals surface area contributed by atoms with Gasteiger partial charge in [0, 0.05) is 0 Å². The van der Waals surface area contributed by atoms with Crippen LogP contribution >= 0.6 is 0 Å². The highest BCUT2D eigenvalue weighted by atomic mass is 16.7. The van der Waals surface area contributed by atoms with Gasteiger partial charge in [0.1, 0.15) is 48.8 Å². The fraction of sp³-hybridized carbons (Fsp3) is 1.00. The van der Waals surface area contributed by atoms with Gasteiger partial charge in [0.05, 0.1) is 13.2 Å². The predicted octanol–water partition coefficient (Wildman–Crippen LogP) is -5.40. The molecular formula is C12H22O11. The molecule has 0 radical (unpaired) electrons. The molecule has 2 rings (SSSR count). The quantitative estimate of drug-likeness (QED) is 0.243. The summed E-state index contributed by atoms with van der Waals surface area (Å²) in [6, 6.07) is 0. The van der Waals surface area contributed by atoms with Crippen LogP contribution in [0, 0.1) is 0 Å². The summed E-state index contributed by atoms with van der Waals surface area (Å²) >= 11 is 0. The molecule has 2 aliphatic heterocycles. The molecule has 2 heterocycles. The average Bonchev–Trinajstić information content (AvgIpc) is 2.55. The molecule has 8 N–H and O–H groups in total. The Morgan fingerprint density at radius 1 is 0.652 bits per heavy atom. The van der Waals surface area contributed by atoms with E-state index in [0.717, 1.165) is 0 Å². The lowest BCUT2D eigenvalue weighted by Crippen LogP contribution is -2.64. The van der Waals surface area contributed by atoms with E-state index < -0.39 is 74.6 Å². The zero-order valence-electron chi connectivity index (χ0n) is 12.0. The lowest BCUT2D eigenvalue weighted by atomic mass is 9.97. The number of hydrogen-bond acceptors (Lipinski definition) is 11. The van der Waals surface area contributed by atoms with Crippen LogP contribution in [-0.4, -0.2) is 115 Å². The maximum Gasteiger partial charge on any atom is 0.187 e. The van der Waals surface area contributed by atoms with Crippen molar-refractivity contribution in [3.63, 3.8) is 0 Å². The molecule has 11 nitrogen and oxygen atoms in total. The van der Waals surface area contributed by atoms with E-state index in [1.165, 1.54) is 0 Å². The molecule has 0 aromatic rings. The fourth-order valence-corrected chi connectivity index (χ4v) is 2.57. The second-order valence-electron chi connectivity index (χ2n) is 5.53. The summed E-state index contributed by atoms with van der Waals surface area (Å²) in [5.74, 6) is 0. The van der Waals surface area contributed by atoms with Crippen LogP contribution in [0.2, 0.25) is 0 Å². The van der Waals surface area contributed by atoms with Crippen LogP contribution in [0.15, 0.2) is 0 Å². The third kappa shape index (κ3) is 3.65. The molecule has 0 aromatic carbocycles. The molecule has 0 bridgehead atoms. The maximum absolute atomic E-state index is 9.94. The van der Waals surface area contributed by atoms with Gasteiger partial charge < -0.3 is 55.1 Å². The molecule has 0 amide bonds. The highest BCUT2D eigenvalue weighted by Crippen LogP contribution is 2.28. The van der Waals surface area contributed by atoms with E-state index in [2.05, 4.69) is 0 Å². The number of ether oxygens (including phenoxy) is 3. The van der Waals surface area contributed by atoms with Gasteiger partial charge in [0.2, 0.25) is 0 Å². The summed E-state index contributed by atoms with van der Waals surface area (Å²) in [6.07, 6.45) is -15.6. The van der Waals surface area contributed by atoms with E-state index in [4.69, 9.17) is 19.3 Å². The van der Waals surface area contributed by atoms with Gasteiger partial charge in [-0.1, -0.05) is 0 Å². The monoisotopic (exact) mass is 342 g/mol. The predicted molar refractivity (Wildman–Crippen MR) is 68.6 cm³/mol. The first kappa shape index (κ1) is 18.9. The van der Waals surface area contributed by atoms with Gasteiger partial charge in [-0.15, -0.1) is 0 Å². The maximum atomic E-state index is 9.94. The molecule has 2 aliphatic rings. The SMILES string of the molecule is OC[C@@H]1O[C@@H](O[C@H]2[C@H](O)[C@H](O)[C@H](O)O[C@H]2CO)[C@H](O)[C@@H](O)[C@H]1O. The lowest BCUT2D eigenvalue weighted by Gasteiger charge is -2.45. The van der Waals surface area contributed by atoms with E-state index in [1.807, 2.05) is 0 Å². The Balaban J connectivity index is 2.11. The van der Waals surface area contributed by atoms with Crippen molar-refractivity contribution in [2.45, 2.75) is 61.4 Å². The molecule has 11 heteroatoms. The molecule has 0 unspecified atom stereocenters. The van der Waals surface area contributed by atoms with Crippen molar-refractivity contribution in [3.05, 3.63) is 0 Å². The van der Waals surface area contributed by atoms with Crippen molar-refractivity contribution >= 4 is 0 Å². The number of aliphatic hydroxyl groups excluding tert-OH is 8. The Hall–Kier alpha value is -0.440. The first-order valence-corrected chi connectivity index (χ1v) is 7.08. The minimum atomic E-state index is -1.74. The molecule has 0 aliphatic carbocycles. The summed E-state index contributed by atoms with van der Waals surface area (Å²) in [5.41, 5.74) is 0. The number of hydrogen-bond donors (Lipinski definition) is 8. The highest BCUT2D eigenvalue weighted by Gasteiger charge is 2.50. The second kappa shape index (κ2) is 7.63. The smallest absolute Gasteiger partial charge is 0.187 e. The van der Waals surface area contributed by atoms with Crippen LogP contribution < -0.4 is 0 Å². The standard InChI is InChI=1S/C12H22O11/c13-1-3-5(15)6(16)9(19)12(22-3)23-10-4(2-14)21-11(20)8(18)7(10)17/h3-20H,1-2H2/t3-,4-,5-,6-,7+,8-,9+,10+,11+,12-/m0/s1. The van der Waals surface area contributed by atoms with Crippen molar-refractivity contribution in [2.75, 3.05) is 13.2 Å². The first-order chi connectivity index (χ1) is 10.8. The van der Waals surface area contributed by atoms with Gasteiger partial charge in [-0.05, 0) is 0 Å². The number of aliphatic hydroxyl groups is 8. The van der Waals surface area contributed by atoms with Crippen LogP contribution in [0.5, 0.6) is 0 Å². The van der Waals surface area contributed by atoms with E-state index in [0.29, 0.717) is 0 Å². The Labute approximate surface area is 130 Å². The van der Waals surface area contributed by atoms with Crippen LogP contribution in [0.4, 0.5) is 0 Å². The first-order valence-electron chi connectivity index (χ1n) is 7.08. The van der Waals surface area contributed by atoms with Crippen molar-refractivity contribution < 1.29 is 55.1 Å². The zero-order valence-corrected chi connectivity index (χ0v) is 12.0. The molecule has 2 saturated heterocycles. The normalized spacial score (nSPS) is 51.7. The van der Waals surface area contributed by atoms with Crippen LogP contribution in [0.3, 0.4) is 0 Å². The second-order valence-corrected chi connectivity index (χ2v) is 5.53. The Kier molecular flexibility index (Phi) is 6.27. The summed E-state index contributed by atoms with van der Waals surface area (Å²) in [5, 5.41) is 76.5. The van der Waals surface area contributed by atoms with Gasteiger partial charge in [0.15, 0.2) is 12.6 Å². The minimum Gasteiger partial charge on any atom is -0.394 e. The minimum absolute atomic E-state index is 0.667. The van der Waals surface area contributed by atoms with Crippen LogP contribution in [-0.2, 0) is 14.2 Å². The molecular weight excluding hydrogens is 320 g/mol. The van der Waals surface area contributed by atoms with Gasteiger partial charge >= 0.3 is 0 Å². The van der Waals surface area contributed by atoms with E-state index in [1.54, 1.807) is 0 Å². The van der Waals surface area contributed by atoms with Gasteiger partial charge in [-0.2, -0.15) is 0 Å². The van der Waals surface area contributed by atoms with Crippen molar-refractivity contribution in [2.24, 2.45) is 0 Å². The molecule has 0 spiro atoms. The average molecular weight is 342 g/mol. The van der Waals surface area contributed by atoms with E-state index in [-0.39, 0.29) is 0 Å². The van der Waals surface area contributed by atoms with Gasteiger partial charge in [-0.25, -0.2) is 0 Å². The third-order valence-electron chi connectivity index (χ3n) is 3.98. The fourth-order valence-electron chi connectivity index (χ4n) is 2.57. The Morgan fingerprint density at radius 3 is 1.83 bits per heavy atom. The van der Waals surface area contributed by atoms with Crippen molar-refractivity contribution in [1.29, 1.82) is 0 Å². The third-order valence-corrected chi connectivity index (χ3v) is 3.98. The molecule has 136 valence electrons. The molecule has 23 heavy (non-hydrogen) atoms. The van der Waals surface area contributed by atoms with Crippen LogP contribution in [0.1, 0.15) is 0 Å². The highest BCUT2D eigenvalue weighted by molar-refractivity contribution is 4.93. The lowest BCUT2D eigenvalue weighted by molar-refractivity contribution is -0.355. The molecule has 10 atom stereocenters. The van der Waals surface area contributed by atoms with E-state index in [9.17, 15) is 35.7 Å². The summed E-state index contributed by atoms with van der Waals surface area (Å²) < 4.78 is 15.3.